The number of hydrogen-bond acceptors (Lipinski definition) is 0. The van der Waals surface area contributed by atoms with E-state index in [4.69, 9.17) is 0 Å². The molecule has 0 bridgehead atoms. The largest absolute Gasteiger partial charge is 0.109 e. The second kappa shape index (κ2) is 7.04. The van der Waals surface area contributed by atoms with Gasteiger partial charge in [0, 0.05) is 0 Å². The van der Waals surface area contributed by atoms with Crippen LogP contribution in [0, 0.1) is 0 Å². The topological polar surface area (TPSA) is 0 Å². The molecule has 1 aliphatic rings. The maximum atomic E-state index is 2.47. The molecule has 1 aliphatic carbocycles. The standard InChI is InChI=1S/C19H24P2/c1-20(2)18-14-9-15-19(18)21(16-10-5-3-6-11-16)17-12-7-4-8-13-17/h3-8,10-13,18-19H,9,14-15H2,1-2H3. The Balaban J connectivity index is 2.01. The average molecular weight is 314 g/mol. The van der Waals surface area contributed by atoms with Crippen LogP contribution in [0.2, 0.25) is 0 Å². The van der Waals surface area contributed by atoms with Gasteiger partial charge in [-0.1, -0.05) is 67.1 Å². The fourth-order valence-electron chi connectivity index (χ4n) is 3.53. The Morgan fingerprint density at radius 3 is 1.67 bits per heavy atom. The number of rotatable bonds is 4. The van der Waals surface area contributed by atoms with Crippen molar-refractivity contribution >= 4 is 26.5 Å². The van der Waals surface area contributed by atoms with Gasteiger partial charge in [-0.2, -0.15) is 0 Å². The summed E-state index contributed by atoms with van der Waals surface area (Å²) in [7, 11) is -0.0454. The molecule has 2 heteroatoms. The molecular weight excluding hydrogens is 290 g/mol. The molecule has 0 saturated heterocycles. The highest BCUT2D eigenvalue weighted by molar-refractivity contribution is 7.74. The summed E-state index contributed by atoms with van der Waals surface area (Å²) < 4.78 is 0. The van der Waals surface area contributed by atoms with Gasteiger partial charge in [0.15, 0.2) is 0 Å². The molecular formula is C19H24P2. The Bertz CT molecular complexity index is 511. The van der Waals surface area contributed by atoms with Gasteiger partial charge in [0.1, 0.15) is 0 Å². The molecule has 21 heavy (non-hydrogen) atoms. The zero-order chi connectivity index (χ0) is 14.7. The molecule has 0 aliphatic heterocycles. The fraction of sp³-hybridized carbons (Fsp3) is 0.368. The van der Waals surface area contributed by atoms with Crippen LogP contribution in [0.5, 0.6) is 0 Å². The molecule has 0 heterocycles. The molecule has 1 saturated carbocycles. The monoisotopic (exact) mass is 314 g/mol. The van der Waals surface area contributed by atoms with Gasteiger partial charge in [-0.3, -0.25) is 0 Å². The zero-order valence-electron chi connectivity index (χ0n) is 12.9. The lowest BCUT2D eigenvalue weighted by Crippen LogP contribution is -2.26. The van der Waals surface area contributed by atoms with Gasteiger partial charge in [-0.05, 0) is 56.0 Å². The van der Waals surface area contributed by atoms with Crippen LogP contribution in [0.1, 0.15) is 19.3 Å². The van der Waals surface area contributed by atoms with Crippen molar-refractivity contribution < 1.29 is 0 Å². The Hall–Kier alpha value is -0.700. The van der Waals surface area contributed by atoms with Gasteiger partial charge in [-0.15, -0.1) is 7.92 Å². The summed E-state index contributed by atoms with van der Waals surface area (Å²) in [5.74, 6) is 0. The lowest BCUT2D eigenvalue weighted by atomic mass is 10.3. The van der Waals surface area contributed by atoms with Crippen LogP contribution in [0.4, 0.5) is 0 Å². The van der Waals surface area contributed by atoms with E-state index in [-0.39, 0.29) is 15.8 Å². The van der Waals surface area contributed by atoms with Crippen molar-refractivity contribution in [2.75, 3.05) is 13.3 Å². The SMILES string of the molecule is CP(C)C1CCCC1P(c1ccccc1)c1ccccc1. The molecule has 1 fully saturated rings. The Labute approximate surface area is 131 Å². The van der Waals surface area contributed by atoms with Crippen molar-refractivity contribution in [3.63, 3.8) is 0 Å². The van der Waals surface area contributed by atoms with Crippen molar-refractivity contribution in [2.24, 2.45) is 0 Å². The van der Waals surface area contributed by atoms with Crippen molar-refractivity contribution in [2.45, 2.75) is 30.6 Å². The molecule has 0 nitrogen and oxygen atoms in total. The molecule has 3 rings (SSSR count). The van der Waals surface area contributed by atoms with Crippen LogP contribution in [0.3, 0.4) is 0 Å². The van der Waals surface area contributed by atoms with Crippen molar-refractivity contribution in [1.82, 2.24) is 0 Å². The third-order valence-electron chi connectivity index (χ3n) is 4.51. The van der Waals surface area contributed by atoms with Gasteiger partial charge in [0.25, 0.3) is 0 Å². The first-order chi connectivity index (χ1) is 10.3. The van der Waals surface area contributed by atoms with Gasteiger partial charge < -0.3 is 0 Å². The van der Waals surface area contributed by atoms with E-state index in [2.05, 4.69) is 74.0 Å². The summed E-state index contributed by atoms with van der Waals surface area (Å²) in [6.45, 7) is 4.95. The molecule has 0 radical (unpaired) electrons. The minimum absolute atomic E-state index is 0.162. The second-order valence-corrected chi connectivity index (χ2v) is 11.1. The van der Waals surface area contributed by atoms with Crippen molar-refractivity contribution in [3.05, 3.63) is 60.7 Å². The van der Waals surface area contributed by atoms with Gasteiger partial charge in [0.2, 0.25) is 0 Å². The number of benzene rings is 2. The Morgan fingerprint density at radius 1 is 0.714 bits per heavy atom. The van der Waals surface area contributed by atoms with Crippen molar-refractivity contribution in [3.8, 4) is 0 Å². The third-order valence-corrected chi connectivity index (χ3v) is 9.68. The number of hydrogen-bond donors (Lipinski definition) is 0. The molecule has 2 aromatic carbocycles. The van der Waals surface area contributed by atoms with Crippen LogP contribution in [-0.4, -0.2) is 24.6 Å². The first-order valence-electron chi connectivity index (χ1n) is 7.83. The van der Waals surface area contributed by atoms with Crippen LogP contribution in [0.15, 0.2) is 60.7 Å². The van der Waals surface area contributed by atoms with E-state index < -0.39 is 0 Å². The van der Waals surface area contributed by atoms with Crippen LogP contribution in [-0.2, 0) is 0 Å². The highest BCUT2D eigenvalue weighted by Gasteiger charge is 2.36. The molecule has 2 aromatic rings. The minimum Gasteiger partial charge on any atom is -0.109 e. The normalized spacial score (nSPS) is 22.1. The van der Waals surface area contributed by atoms with Gasteiger partial charge >= 0.3 is 0 Å². The van der Waals surface area contributed by atoms with Crippen molar-refractivity contribution in [1.29, 1.82) is 0 Å². The summed E-state index contributed by atoms with van der Waals surface area (Å²) in [6, 6.07) is 22.5. The summed E-state index contributed by atoms with van der Waals surface area (Å²) in [4.78, 5) is 0. The maximum absolute atomic E-state index is 2.47. The first-order valence-corrected chi connectivity index (χ1v) is 11.5. The maximum Gasteiger partial charge on any atom is -0.00613 e. The summed E-state index contributed by atoms with van der Waals surface area (Å²) >= 11 is 0. The zero-order valence-corrected chi connectivity index (χ0v) is 14.7. The lowest BCUT2D eigenvalue weighted by molar-refractivity contribution is 0.888. The molecule has 2 atom stereocenters. The lowest BCUT2D eigenvalue weighted by Gasteiger charge is -2.32. The van der Waals surface area contributed by atoms with Crippen LogP contribution in [0.25, 0.3) is 0 Å². The Kier molecular flexibility index (Phi) is 5.10. The summed E-state index contributed by atoms with van der Waals surface area (Å²) in [6.07, 6.45) is 4.29. The molecule has 0 spiro atoms. The quantitative estimate of drug-likeness (QED) is 0.712. The van der Waals surface area contributed by atoms with Crippen LogP contribution < -0.4 is 10.6 Å². The predicted molar refractivity (Wildman–Crippen MR) is 99.3 cm³/mol. The summed E-state index contributed by atoms with van der Waals surface area (Å²) in [5, 5.41) is 3.12. The Morgan fingerprint density at radius 2 is 1.19 bits per heavy atom. The average Bonchev–Trinajstić information content (AvgIpc) is 2.99. The van der Waals surface area contributed by atoms with Crippen LogP contribution >= 0.6 is 15.8 Å². The molecule has 0 N–H and O–H groups in total. The minimum atomic E-state index is -0.208. The van der Waals surface area contributed by atoms with E-state index in [1.165, 1.54) is 19.3 Å². The van der Waals surface area contributed by atoms with Gasteiger partial charge in [-0.25, -0.2) is 0 Å². The van der Waals surface area contributed by atoms with E-state index in [0.29, 0.717) is 0 Å². The third kappa shape index (κ3) is 3.39. The fourth-order valence-corrected chi connectivity index (χ4v) is 9.25. The van der Waals surface area contributed by atoms with E-state index in [0.717, 1.165) is 11.3 Å². The molecule has 0 amide bonds. The van der Waals surface area contributed by atoms with E-state index in [9.17, 15) is 0 Å². The van der Waals surface area contributed by atoms with E-state index in [1.807, 2.05) is 0 Å². The first kappa shape index (κ1) is 15.2. The predicted octanol–water partition coefficient (Wildman–Crippen LogP) is 4.78. The van der Waals surface area contributed by atoms with E-state index >= 15 is 0 Å². The van der Waals surface area contributed by atoms with Gasteiger partial charge in [0.05, 0.1) is 0 Å². The van der Waals surface area contributed by atoms with E-state index in [1.54, 1.807) is 10.6 Å². The summed E-state index contributed by atoms with van der Waals surface area (Å²) in [5.41, 5.74) is 1.83. The highest BCUT2D eigenvalue weighted by Crippen LogP contribution is 2.55. The molecule has 2 unspecified atom stereocenters. The smallest absolute Gasteiger partial charge is 0.00613 e. The molecule has 110 valence electrons. The molecule has 0 aromatic heterocycles. The second-order valence-electron chi connectivity index (χ2n) is 6.07. The highest BCUT2D eigenvalue weighted by atomic mass is 31.1.